The number of aryl methyl sites for hydroxylation is 1. The van der Waals surface area contributed by atoms with Crippen molar-refractivity contribution >= 4 is 73.1 Å². The Morgan fingerprint density at radius 1 is 0.689 bits per heavy atom. The van der Waals surface area contributed by atoms with Crippen molar-refractivity contribution in [1.29, 1.82) is 0 Å². The molecule has 358 valence electrons. The molecule has 0 saturated heterocycles. The Bertz CT molecular complexity index is 3930. The van der Waals surface area contributed by atoms with Gasteiger partial charge in [0.1, 0.15) is 17.8 Å². The minimum atomic E-state index is -0.229. The Labute approximate surface area is 432 Å². The van der Waals surface area contributed by atoms with Crippen LogP contribution in [-0.4, -0.2) is 33.0 Å². The number of nitrogens with zero attached hydrogens (tertiary/aromatic N) is 5. The molecule has 6 aliphatic rings. The fourth-order valence-electron chi connectivity index (χ4n) is 12.8. The summed E-state index contributed by atoms with van der Waals surface area (Å²) in [5.74, 6) is 2.06. The number of aliphatic imine (C=N–C) groups is 2. The van der Waals surface area contributed by atoms with Crippen molar-refractivity contribution < 1.29 is 0 Å². The van der Waals surface area contributed by atoms with Crippen LogP contribution >= 0.6 is 0 Å². The predicted molar refractivity (Wildman–Crippen MR) is 311 cm³/mol. The summed E-state index contributed by atoms with van der Waals surface area (Å²) in [4.78, 5) is 13.4. The Morgan fingerprint density at radius 3 is 2.30 bits per heavy atom. The number of fused-ring (bicyclic) bond motifs is 7. The molecular formula is C68H56N6. The van der Waals surface area contributed by atoms with Gasteiger partial charge in [0.15, 0.2) is 0 Å². The number of benzene rings is 6. The lowest BCUT2D eigenvalue weighted by molar-refractivity contribution is 0.694. The highest BCUT2D eigenvalue weighted by atomic mass is 15.2. The molecule has 4 aliphatic carbocycles. The number of rotatable bonds is 9. The molecule has 1 N–H and O–H groups in total. The average molecular weight is 957 g/mol. The van der Waals surface area contributed by atoms with Gasteiger partial charge < -0.3 is 19.4 Å². The molecule has 6 nitrogen and oxygen atoms in total. The van der Waals surface area contributed by atoms with Crippen LogP contribution in [0.1, 0.15) is 65.5 Å². The normalized spacial score (nSPS) is 21.9. The van der Waals surface area contributed by atoms with E-state index >= 15 is 0 Å². The van der Waals surface area contributed by atoms with Gasteiger partial charge in [0.05, 0.1) is 28.3 Å². The summed E-state index contributed by atoms with van der Waals surface area (Å²) in [6.07, 6.45) is 32.7. The minimum absolute atomic E-state index is 0.0585. The molecule has 4 heterocycles. The fourth-order valence-corrected chi connectivity index (χ4v) is 12.8. The van der Waals surface area contributed by atoms with Crippen LogP contribution in [0.5, 0.6) is 0 Å². The van der Waals surface area contributed by atoms with Crippen LogP contribution in [0.25, 0.3) is 55.7 Å². The second kappa shape index (κ2) is 18.1. The molecule has 0 amide bonds. The highest BCUT2D eigenvalue weighted by Gasteiger charge is 2.39. The van der Waals surface area contributed by atoms with E-state index in [1.54, 1.807) is 0 Å². The quantitative estimate of drug-likeness (QED) is 0.157. The summed E-state index contributed by atoms with van der Waals surface area (Å²) in [6.45, 7) is 6.58. The number of hydrogen-bond donors (Lipinski definition) is 1. The Kier molecular flexibility index (Phi) is 10.8. The SMILES string of the molecule is C=Cc1c(C)c2ccccc2n1-c1ccc2c(c1)c1c(N3c4ccccc4C4C=CC=CC43)cccc1n2C1=C(c2ccccc2)C=C(C2=NC(C3C=CC=CC3)=NC(C3=CCCC=C3)N2)CC1c1ccccc1. The molecule has 6 heteroatoms. The molecule has 74 heavy (non-hydrogen) atoms. The van der Waals surface area contributed by atoms with Crippen molar-refractivity contribution in [3.63, 3.8) is 0 Å². The number of para-hydroxylation sites is 2. The van der Waals surface area contributed by atoms with Crippen LogP contribution in [0, 0.1) is 12.8 Å². The van der Waals surface area contributed by atoms with Crippen molar-refractivity contribution in [2.75, 3.05) is 4.90 Å². The third-order valence-corrected chi connectivity index (χ3v) is 16.2. The first-order valence-electron chi connectivity index (χ1n) is 26.3. The average Bonchev–Trinajstić information content (AvgIpc) is 4.10. The van der Waals surface area contributed by atoms with E-state index in [0.717, 1.165) is 59.8 Å². The van der Waals surface area contributed by atoms with Crippen molar-refractivity contribution in [1.82, 2.24) is 14.5 Å². The fraction of sp³-hybridized carbons (Fsp3) is 0.147. The largest absolute Gasteiger partial charge is 0.344 e. The van der Waals surface area contributed by atoms with Crippen LogP contribution in [0.15, 0.2) is 246 Å². The number of hydrogen-bond acceptors (Lipinski definition) is 4. The summed E-state index contributed by atoms with van der Waals surface area (Å²) >= 11 is 0. The topological polar surface area (TPSA) is 49.9 Å². The highest BCUT2D eigenvalue weighted by Crippen LogP contribution is 2.53. The van der Waals surface area contributed by atoms with E-state index in [-0.39, 0.29) is 30.0 Å². The molecule has 5 unspecified atom stereocenters. The van der Waals surface area contributed by atoms with E-state index < -0.39 is 0 Å². The van der Waals surface area contributed by atoms with Gasteiger partial charge in [-0.1, -0.05) is 177 Å². The van der Waals surface area contributed by atoms with Gasteiger partial charge in [0.2, 0.25) is 0 Å². The first-order valence-corrected chi connectivity index (χ1v) is 26.3. The molecule has 14 rings (SSSR count). The summed E-state index contributed by atoms with van der Waals surface area (Å²) < 4.78 is 5.02. The molecule has 0 spiro atoms. The molecule has 0 radical (unpaired) electrons. The molecule has 2 aliphatic heterocycles. The van der Waals surface area contributed by atoms with E-state index in [0.29, 0.717) is 0 Å². The molecule has 8 aromatic rings. The van der Waals surface area contributed by atoms with E-state index in [2.05, 4.69) is 251 Å². The van der Waals surface area contributed by atoms with Crippen molar-refractivity contribution in [3.05, 3.63) is 264 Å². The van der Waals surface area contributed by atoms with E-state index in [1.165, 1.54) is 77.7 Å². The number of allylic oxidation sites excluding steroid dienone is 10. The van der Waals surface area contributed by atoms with Gasteiger partial charge in [-0.2, -0.15) is 0 Å². The zero-order chi connectivity index (χ0) is 49.3. The van der Waals surface area contributed by atoms with Gasteiger partial charge >= 0.3 is 0 Å². The Hall–Kier alpha value is -8.74. The number of aromatic nitrogens is 2. The molecular weight excluding hydrogens is 901 g/mol. The second-order valence-electron chi connectivity index (χ2n) is 20.3. The van der Waals surface area contributed by atoms with Crippen molar-refractivity contribution in [3.8, 4) is 5.69 Å². The van der Waals surface area contributed by atoms with Crippen LogP contribution in [0.2, 0.25) is 0 Å². The van der Waals surface area contributed by atoms with Gasteiger partial charge in [-0.25, -0.2) is 9.98 Å². The van der Waals surface area contributed by atoms with Gasteiger partial charge in [-0.3, -0.25) is 0 Å². The monoisotopic (exact) mass is 956 g/mol. The lowest BCUT2D eigenvalue weighted by Gasteiger charge is -2.34. The van der Waals surface area contributed by atoms with Crippen LogP contribution in [0.3, 0.4) is 0 Å². The Morgan fingerprint density at radius 2 is 1.46 bits per heavy atom. The molecule has 0 fully saturated rings. The zero-order valence-corrected chi connectivity index (χ0v) is 41.5. The summed E-state index contributed by atoms with van der Waals surface area (Å²) in [7, 11) is 0. The van der Waals surface area contributed by atoms with Crippen LogP contribution < -0.4 is 10.2 Å². The number of amidine groups is 2. The highest BCUT2D eigenvalue weighted by molar-refractivity contribution is 6.19. The smallest absolute Gasteiger partial charge is 0.147 e. The van der Waals surface area contributed by atoms with E-state index in [1.807, 2.05) is 6.08 Å². The van der Waals surface area contributed by atoms with Gasteiger partial charge in [0, 0.05) is 62.3 Å². The Balaban J connectivity index is 1.06. The second-order valence-corrected chi connectivity index (χ2v) is 20.3. The van der Waals surface area contributed by atoms with Crippen LogP contribution in [0.4, 0.5) is 11.4 Å². The molecule has 0 bridgehead atoms. The minimum Gasteiger partial charge on any atom is -0.344 e. The molecule has 2 aromatic heterocycles. The van der Waals surface area contributed by atoms with Crippen LogP contribution in [-0.2, 0) is 0 Å². The van der Waals surface area contributed by atoms with Gasteiger partial charge in [0.25, 0.3) is 0 Å². The summed E-state index contributed by atoms with van der Waals surface area (Å²) in [5.41, 5.74) is 17.9. The third kappa shape index (κ3) is 7.14. The molecule has 5 atom stereocenters. The number of nitrogens with one attached hydrogen (secondary N) is 1. The maximum Gasteiger partial charge on any atom is 0.147 e. The maximum absolute atomic E-state index is 5.50. The lowest BCUT2D eigenvalue weighted by Crippen LogP contribution is -2.42. The molecule has 6 aromatic carbocycles. The van der Waals surface area contributed by atoms with Crippen molar-refractivity contribution in [2.24, 2.45) is 15.9 Å². The first-order chi connectivity index (χ1) is 36.6. The lowest BCUT2D eigenvalue weighted by atomic mass is 9.79. The third-order valence-electron chi connectivity index (χ3n) is 16.2. The maximum atomic E-state index is 5.50. The van der Waals surface area contributed by atoms with Gasteiger partial charge in [-0.15, -0.1) is 0 Å². The first kappa shape index (κ1) is 44.0. The molecule has 0 saturated carbocycles. The standard InChI is InChI=1S/C68H56N6/c1-3-57-44(2)51-31-16-19-34-58(51)72(57)50-39-40-61-56(43-50)64-62(73-59-35-20-17-32-52(59)53-33-18-21-36-60(53)73)37-22-38-63(64)74(61)65-54(45-23-8-4-9-24-45)41-49(42-55(65)46-25-10-5-11-26-46)68-70-66(47-27-12-6-13-28-47)69-67(71-68)48-29-14-7-15-30-48/h3-6,8-14,16-27,29-41,43,47,52,55,59,67H,1,7,15,28,42H2,2H3,(H,69,70,71). The van der Waals surface area contributed by atoms with Crippen molar-refractivity contribution in [2.45, 2.75) is 56.7 Å². The van der Waals surface area contributed by atoms with E-state index in [4.69, 9.17) is 9.98 Å². The summed E-state index contributed by atoms with van der Waals surface area (Å²) in [6, 6.07) is 54.2. The van der Waals surface area contributed by atoms with E-state index in [9.17, 15) is 0 Å². The summed E-state index contributed by atoms with van der Waals surface area (Å²) in [5, 5.41) is 7.56. The van der Waals surface area contributed by atoms with Gasteiger partial charge in [-0.05, 0) is 121 Å². The zero-order valence-electron chi connectivity index (χ0n) is 41.5. The predicted octanol–water partition coefficient (Wildman–Crippen LogP) is 16.0. The number of anilines is 2.